The van der Waals surface area contributed by atoms with Crippen LogP contribution >= 0.6 is 11.3 Å². The first-order valence-corrected chi connectivity index (χ1v) is 6.84. The number of carbonyl (C=O) groups is 1. The molecular formula is C14H16N2O3S. The van der Waals surface area contributed by atoms with Gasteiger partial charge in [-0.1, -0.05) is 17.4 Å². The fourth-order valence-electron chi connectivity index (χ4n) is 1.77. The van der Waals surface area contributed by atoms with Crippen molar-refractivity contribution in [2.24, 2.45) is 0 Å². The number of aromatic nitrogens is 1. The lowest BCUT2D eigenvalue weighted by molar-refractivity contribution is 0.0605. The molecule has 0 saturated carbocycles. The van der Waals surface area contributed by atoms with Gasteiger partial charge in [0.05, 0.1) is 25.6 Å². The van der Waals surface area contributed by atoms with Crippen molar-refractivity contribution >= 4 is 28.1 Å². The van der Waals surface area contributed by atoms with E-state index in [-0.39, 0.29) is 5.97 Å². The summed E-state index contributed by atoms with van der Waals surface area (Å²) in [5, 5.41) is 3.81. The Morgan fingerprint density at radius 2 is 2.05 bits per heavy atom. The predicted octanol–water partition coefficient (Wildman–Crippen LogP) is 3.30. The van der Waals surface area contributed by atoms with Gasteiger partial charge in [0.1, 0.15) is 10.6 Å². The second-order valence-electron chi connectivity index (χ2n) is 4.25. The molecule has 0 bridgehead atoms. The van der Waals surface area contributed by atoms with E-state index in [1.165, 1.54) is 18.4 Å². The van der Waals surface area contributed by atoms with Crippen LogP contribution in [0.5, 0.6) is 5.75 Å². The molecule has 0 unspecified atom stereocenters. The SMILES string of the molecule is COC(=O)c1sc(Nc2cc(C)ccc2OC)nc1C. The maximum atomic E-state index is 11.6. The molecule has 5 nitrogen and oxygen atoms in total. The number of anilines is 2. The Balaban J connectivity index is 2.31. The average Bonchev–Trinajstić information content (AvgIpc) is 2.79. The summed E-state index contributed by atoms with van der Waals surface area (Å²) in [6, 6.07) is 5.82. The highest BCUT2D eigenvalue weighted by molar-refractivity contribution is 7.17. The van der Waals surface area contributed by atoms with Gasteiger partial charge in [-0.15, -0.1) is 0 Å². The average molecular weight is 292 g/mol. The number of methoxy groups -OCH3 is 2. The third-order valence-electron chi connectivity index (χ3n) is 2.76. The van der Waals surface area contributed by atoms with Crippen LogP contribution in [0.1, 0.15) is 20.9 Å². The maximum absolute atomic E-state index is 11.6. The summed E-state index contributed by atoms with van der Waals surface area (Å²) in [6.07, 6.45) is 0. The van der Waals surface area contributed by atoms with E-state index in [0.717, 1.165) is 17.0 Å². The molecule has 6 heteroatoms. The Morgan fingerprint density at radius 3 is 2.70 bits per heavy atom. The van der Waals surface area contributed by atoms with Crippen molar-refractivity contribution in [2.45, 2.75) is 13.8 Å². The molecule has 1 aromatic heterocycles. The van der Waals surface area contributed by atoms with E-state index in [0.29, 0.717) is 15.7 Å². The number of nitrogens with one attached hydrogen (secondary N) is 1. The highest BCUT2D eigenvalue weighted by Crippen LogP contribution is 2.31. The van der Waals surface area contributed by atoms with Crippen molar-refractivity contribution in [3.63, 3.8) is 0 Å². The van der Waals surface area contributed by atoms with Crippen LogP contribution in [-0.2, 0) is 4.74 Å². The molecule has 0 amide bonds. The van der Waals surface area contributed by atoms with Gasteiger partial charge >= 0.3 is 5.97 Å². The molecule has 0 radical (unpaired) electrons. The van der Waals surface area contributed by atoms with Gasteiger partial charge in [-0.25, -0.2) is 9.78 Å². The van der Waals surface area contributed by atoms with Crippen LogP contribution in [-0.4, -0.2) is 25.2 Å². The first-order valence-electron chi connectivity index (χ1n) is 6.02. The lowest BCUT2D eigenvalue weighted by Gasteiger charge is -2.09. The Morgan fingerprint density at radius 1 is 1.30 bits per heavy atom. The number of nitrogens with zero attached hydrogens (tertiary/aromatic N) is 1. The van der Waals surface area contributed by atoms with E-state index < -0.39 is 0 Å². The molecule has 0 saturated heterocycles. The van der Waals surface area contributed by atoms with Crippen LogP contribution in [0.2, 0.25) is 0 Å². The van der Waals surface area contributed by atoms with Crippen LogP contribution in [0.15, 0.2) is 18.2 Å². The highest BCUT2D eigenvalue weighted by atomic mass is 32.1. The molecule has 106 valence electrons. The van der Waals surface area contributed by atoms with Gasteiger partial charge in [0.15, 0.2) is 5.13 Å². The number of thiazole rings is 1. The normalized spacial score (nSPS) is 10.2. The molecule has 1 aromatic carbocycles. The van der Waals surface area contributed by atoms with E-state index in [9.17, 15) is 4.79 Å². The summed E-state index contributed by atoms with van der Waals surface area (Å²) < 4.78 is 10.0. The number of ether oxygens (including phenoxy) is 2. The summed E-state index contributed by atoms with van der Waals surface area (Å²) in [4.78, 5) is 16.4. The van der Waals surface area contributed by atoms with Crippen molar-refractivity contribution < 1.29 is 14.3 Å². The number of esters is 1. The van der Waals surface area contributed by atoms with Gasteiger partial charge in [0.25, 0.3) is 0 Å². The first-order chi connectivity index (χ1) is 9.55. The quantitative estimate of drug-likeness (QED) is 0.876. The molecule has 1 N–H and O–H groups in total. The third-order valence-corrected chi connectivity index (χ3v) is 3.82. The van der Waals surface area contributed by atoms with Gasteiger partial charge in [-0.2, -0.15) is 0 Å². The van der Waals surface area contributed by atoms with E-state index in [1.54, 1.807) is 14.0 Å². The second kappa shape index (κ2) is 5.92. The Kier molecular flexibility index (Phi) is 4.24. The summed E-state index contributed by atoms with van der Waals surface area (Å²) in [6.45, 7) is 3.78. The van der Waals surface area contributed by atoms with Gasteiger partial charge in [0, 0.05) is 0 Å². The predicted molar refractivity (Wildman–Crippen MR) is 79.2 cm³/mol. The molecule has 1 heterocycles. The standard InChI is InChI=1S/C14H16N2O3S/c1-8-5-6-11(18-3)10(7-8)16-14-15-9(2)12(20-14)13(17)19-4/h5-7H,1-4H3,(H,15,16). The molecule has 0 atom stereocenters. The van der Waals surface area contributed by atoms with Gasteiger partial charge in [-0.05, 0) is 31.5 Å². The Labute approximate surface area is 121 Å². The summed E-state index contributed by atoms with van der Waals surface area (Å²) in [7, 11) is 2.97. The smallest absolute Gasteiger partial charge is 0.350 e. The van der Waals surface area contributed by atoms with Gasteiger partial charge in [-0.3, -0.25) is 0 Å². The van der Waals surface area contributed by atoms with Crippen molar-refractivity contribution in [1.82, 2.24) is 4.98 Å². The minimum Gasteiger partial charge on any atom is -0.495 e. The number of hydrogen-bond acceptors (Lipinski definition) is 6. The number of benzene rings is 1. The number of aryl methyl sites for hydroxylation is 2. The van der Waals surface area contributed by atoms with Crippen LogP contribution in [0, 0.1) is 13.8 Å². The van der Waals surface area contributed by atoms with Crippen LogP contribution in [0.3, 0.4) is 0 Å². The Hall–Kier alpha value is -2.08. The zero-order chi connectivity index (χ0) is 14.7. The third kappa shape index (κ3) is 2.91. The number of hydrogen-bond donors (Lipinski definition) is 1. The zero-order valence-corrected chi connectivity index (χ0v) is 12.6. The summed E-state index contributed by atoms with van der Waals surface area (Å²) in [5.74, 6) is 0.354. The van der Waals surface area contributed by atoms with Gasteiger partial charge < -0.3 is 14.8 Å². The molecule has 0 spiro atoms. The van der Waals surface area contributed by atoms with Crippen LogP contribution in [0.4, 0.5) is 10.8 Å². The fourth-order valence-corrected chi connectivity index (χ4v) is 2.66. The lowest BCUT2D eigenvalue weighted by atomic mass is 10.2. The summed E-state index contributed by atoms with van der Waals surface area (Å²) >= 11 is 1.26. The Bertz CT molecular complexity index is 637. The van der Waals surface area contributed by atoms with Crippen molar-refractivity contribution in [2.75, 3.05) is 19.5 Å². The van der Waals surface area contributed by atoms with Crippen molar-refractivity contribution in [3.8, 4) is 5.75 Å². The molecule has 0 aliphatic rings. The zero-order valence-electron chi connectivity index (χ0n) is 11.8. The van der Waals surface area contributed by atoms with E-state index in [1.807, 2.05) is 25.1 Å². The molecule has 2 rings (SSSR count). The second-order valence-corrected chi connectivity index (χ2v) is 5.25. The molecule has 2 aromatic rings. The molecule has 0 aliphatic carbocycles. The topological polar surface area (TPSA) is 60.5 Å². The monoisotopic (exact) mass is 292 g/mol. The van der Waals surface area contributed by atoms with Crippen molar-refractivity contribution in [3.05, 3.63) is 34.3 Å². The van der Waals surface area contributed by atoms with E-state index in [2.05, 4.69) is 10.3 Å². The number of carbonyl (C=O) groups excluding carboxylic acids is 1. The maximum Gasteiger partial charge on any atom is 0.350 e. The largest absolute Gasteiger partial charge is 0.495 e. The van der Waals surface area contributed by atoms with Gasteiger partial charge in [0.2, 0.25) is 0 Å². The lowest BCUT2D eigenvalue weighted by Crippen LogP contribution is -1.99. The van der Waals surface area contributed by atoms with Crippen molar-refractivity contribution in [1.29, 1.82) is 0 Å². The fraction of sp³-hybridized carbons (Fsp3) is 0.286. The summed E-state index contributed by atoms with van der Waals surface area (Å²) in [5.41, 5.74) is 2.57. The first kappa shape index (κ1) is 14.3. The molecular weight excluding hydrogens is 276 g/mol. The van der Waals surface area contributed by atoms with E-state index in [4.69, 9.17) is 9.47 Å². The minimum atomic E-state index is -0.371. The van der Waals surface area contributed by atoms with Crippen LogP contribution < -0.4 is 10.1 Å². The van der Waals surface area contributed by atoms with Crippen LogP contribution in [0.25, 0.3) is 0 Å². The number of rotatable bonds is 4. The minimum absolute atomic E-state index is 0.371. The van der Waals surface area contributed by atoms with E-state index >= 15 is 0 Å². The highest BCUT2D eigenvalue weighted by Gasteiger charge is 2.16. The molecule has 20 heavy (non-hydrogen) atoms. The molecule has 0 fully saturated rings. The molecule has 0 aliphatic heterocycles.